The van der Waals surface area contributed by atoms with E-state index in [1.54, 1.807) is 35.1 Å². The standard InChI is InChI=1S/C13H14BrN3O/c1-8(2)17-12(11(14)7-16-17)13(18)9-3-5-10(15)6-4-9/h3-8H,15H2,1-2H3. The third-order valence-corrected chi connectivity index (χ3v) is 3.21. The third kappa shape index (κ3) is 2.31. The van der Waals surface area contributed by atoms with Crippen molar-refractivity contribution in [2.45, 2.75) is 19.9 Å². The van der Waals surface area contributed by atoms with Gasteiger partial charge in [-0.05, 0) is 54.0 Å². The van der Waals surface area contributed by atoms with Crippen molar-refractivity contribution in [1.29, 1.82) is 0 Å². The van der Waals surface area contributed by atoms with Gasteiger partial charge in [0.25, 0.3) is 0 Å². The molecule has 0 spiro atoms. The molecule has 2 rings (SSSR count). The number of ketones is 1. The third-order valence-electron chi connectivity index (χ3n) is 2.63. The van der Waals surface area contributed by atoms with E-state index < -0.39 is 0 Å². The van der Waals surface area contributed by atoms with Crippen molar-refractivity contribution in [2.24, 2.45) is 0 Å². The van der Waals surface area contributed by atoms with Gasteiger partial charge >= 0.3 is 0 Å². The van der Waals surface area contributed by atoms with Gasteiger partial charge in [-0.25, -0.2) is 0 Å². The van der Waals surface area contributed by atoms with Crippen LogP contribution in [0.25, 0.3) is 0 Å². The second-order valence-corrected chi connectivity index (χ2v) is 5.18. The maximum Gasteiger partial charge on any atom is 0.212 e. The highest BCUT2D eigenvalue weighted by atomic mass is 79.9. The predicted molar refractivity (Wildman–Crippen MR) is 74.6 cm³/mol. The summed E-state index contributed by atoms with van der Waals surface area (Å²) in [6.45, 7) is 3.97. The Hall–Kier alpha value is -1.62. The molecule has 94 valence electrons. The molecule has 0 fully saturated rings. The lowest BCUT2D eigenvalue weighted by Gasteiger charge is -2.10. The molecule has 0 bridgehead atoms. The van der Waals surface area contributed by atoms with Gasteiger partial charge in [-0.15, -0.1) is 0 Å². The topological polar surface area (TPSA) is 60.9 Å². The highest BCUT2D eigenvalue weighted by Crippen LogP contribution is 2.23. The quantitative estimate of drug-likeness (QED) is 0.700. The molecule has 0 amide bonds. The number of benzene rings is 1. The lowest BCUT2D eigenvalue weighted by Crippen LogP contribution is -2.14. The van der Waals surface area contributed by atoms with Crippen LogP contribution in [0.4, 0.5) is 5.69 Å². The normalized spacial score (nSPS) is 10.9. The highest BCUT2D eigenvalue weighted by Gasteiger charge is 2.20. The number of hydrogen-bond donors (Lipinski definition) is 1. The SMILES string of the molecule is CC(C)n1ncc(Br)c1C(=O)c1ccc(N)cc1. The Labute approximate surface area is 114 Å². The smallest absolute Gasteiger partial charge is 0.212 e. The summed E-state index contributed by atoms with van der Waals surface area (Å²) >= 11 is 3.37. The van der Waals surface area contributed by atoms with E-state index in [1.807, 2.05) is 13.8 Å². The maximum absolute atomic E-state index is 12.4. The molecule has 0 aliphatic carbocycles. The summed E-state index contributed by atoms with van der Waals surface area (Å²) in [5, 5.41) is 4.20. The molecule has 0 aliphatic heterocycles. The van der Waals surface area contributed by atoms with E-state index in [2.05, 4.69) is 21.0 Å². The Balaban J connectivity index is 2.45. The van der Waals surface area contributed by atoms with Crippen LogP contribution < -0.4 is 5.73 Å². The molecule has 4 nitrogen and oxygen atoms in total. The van der Waals surface area contributed by atoms with Gasteiger partial charge in [0.2, 0.25) is 5.78 Å². The fourth-order valence-electron chi connectivity index (χ4n) is 1.72. The van der Waals surface area contributed by atoms with Crippen LogP contribution >= 0.6 is 15.9 Å². The molecule has 18 heavy (non-hydrogen) atoms. The van der Waals surface area contributed by atoms with Gasteiger partial charge in [0.1, 0.15) is 5.69 Å². The fraction of sp³-hybridized carbons (Fsp3) is 0.231. The van der Waals surface area contributed by atoms with Gasteiger partial charge in [0, 0.05) is 17.3 Å². The van der Waals surface area contributed by atoms with Crippen LogP contribution in [0.1, 0.15) is 35.9 Å². The highest BCUT2D eigenvalue weighted by molar-refractivity contribution is 9.10. The number of rotatable bonds is 3. The molecule has 2 N–H and O–H groups in total. The van der Waals surface area contributed by atoms with E-state index in [0.29, 0.717) is 21.4 Å². The summed E-state index contributed by atoms with van der Waals surface area (Å²) in [5.41, 5.74) is 7.43. The van der Waals surface area contributed by atoms with Gasteiger partial charge in [-0.2, -0.15) is 5.10 Å². The predicted octanol–water partition coefficient (Wildman–Crippen LogP) is 3.04. The molecule has 2 aromatic rings. The van der Waals surface area contributed by atoms with Crippen molar-refractivity contribution < 1.29 is 4.79 Å². The van der Waals surface area contributed by atoms with Gasteiger partial charge in [-0.1, -0.05) is 0 Å². The number of anilines is 1. The molecular formula is C13H14BrN3O. The Morgan fingerprint density at radius 2 is 1.94 bits per heavy atom. The molecule has 0 unspecified atom stereocenters. The van der Waals surface area contributed by atoms with Crippen molar-refractivity contribution in [1.82, 2.24) is 9.78 Å². The fourth-order valence-corrected chi connectivity index (χ4v) is 2.17. The van der Waals surface area contributed by atoms with E-state index in [0.717, 1.165) is 0 Å². The average molecular weight is 308 g/mol. The Morgan fingerprint density at radius 3 is 2.50 bits per heavy atom. The maximum atomic E-state index is 12.4. The lowest BCUT2D eigenvalue weighted by molar-refractivity contribution is 0.102. The Morgan fingerprint density at radius 1 is 1.33 bits per heavy atom. The zero-order chi connectivity index (χ0) is 13.3. The number of nitrogens with zero attached hydrogens (tertiary/aromatic N) is 2. The summed E-state index contributed by atoms with van der Waals surface area (Å²) in [7, 11) is 0. The first kappa shape index (κ1) is 12.8. The number of aromatic nitrogens is 2. The number of carbonyl (C=O) groups is 1. The molecule has 1 aromatic carbocycles. The van der Waals surface area contributed by atoms with Gasteiger partial charge < -0.3 is 5.73 Å². The van der Waals surface area contributed by atoms with E-state index in [1.165, 1.54) is 0 Å². The first-order chi connectivity index (χ1) is 8.50. The molecular weight excluding hydrogens is 294 g/mol. The molecule has 0 aliphatic rings. The van der Waals surface area contributed by atoms with Crippen molar-refractivity contribution in [3.05, 3.63) is 46.2 Å². The Kier molecular flexibility index (Phi) is 3.52. The number of nitrogens with two attached hydrogens (primary N) is 1. The van der Waals surface area contributed by atoms with Crippen LogP contribution in [-0.4, -0.2) is 15.6 Å². The van der Waals surface area contributed by atoms with E-state index in [4.69, 9.17) is 5.73 Å². The first-order valence-electron chi connectivity index (χ1n) is 5.64. The minimum atomic E-state index is -0.0620. The van der Waals surface area contributed by atoms with Crippen molar-refractivity contribution in [3.63, 3.8) is 0 Å². The van der Waals surface area contributed by atoms with Crippen molar-refractivity contribution in [3.8, 4) is 0 Å². The van der Waals surface area contributed by atoms with Crippen LogP contribution in [0.2, 0.25) is 0 Å². The van der Waals surface area contributed by atoms with E-state index in [-0.39, 0.29) is 11.8 Å². The largest absolute Gasteiger partial charge is 0.399 e. The molecule has 1 aromatic heterocycles. The van der Waals surface area contributed by atoms with E-state index in [9.17, 15) is 4.79 Å². The monoisotopic (exact) mass is 307 g/mol. The minimum Gasteiger partial charge on any atom is -0.399 e. The summed E-state index contributed by atoms with van der Waals surface area (Å²) in [6, 6.07) is 7.02. The Bertz CT molecular complexity index is 572. The second kappa shape index (κ2) is 4.94. The summed E-state index contributed by atoms with van der Waals surface area (Å²) in [4.78, 5) is 12.4. The molecule has 0 radical (unpaired) electrons. The second-order valence-electron chi connectivity index (χ2n) is 4.33. The van der Waals surface area contributed by atoms with Crippen molar-refractivity contribution >= 4 is 27.4 Å². The van der Waals surface area contributed by atoms with Crippen LogP contribution in [0.3, 0.4) is 0 Å². The molecule has 0 atom stereocenters. The molecule has 1 heterocycles. The number of hydrogen-bond acceptors (Lipinski definition) is 3. The lowest BCUT2D eigenvalue weighted by atomic mass is 10.1. The summed E-state index contributed by atoms with van der Waals surface area (Å²) in [5.74, 6) is -0.0620. The van der Waals surface area contributed by atoms with Crippen LogP contribution in [0.15, 0.2) is 34.9 Å². The molecule has 0 saturated heterocycles. The van der Waals surface area contributed by atoms with Gasteiger partial charge in [-0.3, -0.25) is 9.48 Å². The van der Waals surface area contributed by atoms with E-state index >= 15 is 0 Å². The molecule has 5 heteroatoms. The zero-order valence-corrected chi connectivity index (χ0v) is 11.8. The van der Waals surface area contributed by atoms with Gasteiger partial charge in [0.05, 0.1) is 10.7 Å². The average Bonchev–Trinajstić information content (AvgIpc) is 2.71. The van der Waals surface area contributed by atoms with Crippen LogP contribution in [0.5, 0.6) is 0 Å². The van der Waals surface area contributed by atoms with Crippen molar-refractivity contribution in [2.75, 3.05) is 5.73 Å². The zero-order valence-electron chi connectivity index (χ0n) is 10.2. The summed E-state index contributed by atoms with van der Waals surface area (Å²) in [6.07, 6.45) is 1.64. The number of nitrogen functional groups attached to an aromatic ring is 1. The number of carbonyl (C=O) groups excluding carboxylic acids is 1. The first-order valence-corrected chi connectivity index (χ1v) is 6.43. The van der Waals surface area contributed by atoms with Crippen LogP contribution in [-0.2, 0) is 0 Å². The molecule has 0 saturated carbocycles. The number of halogens is 1. The van der Waals surface area contributed by atoms with Crippen LogP contribution in [0, 0.1) is 0 Å². The van der Waals surface area contributed by atoms with Gasteiger partial charge in [0.15, 0.2) is 0 Å². The minimum absolute atomic E-state index is 0.0620. The summed E-state index contributed by atoms with van der Waals surface area (Å²) < 4.78 is 2.42.